The summed E-state index contributed by atoms with van der Waals surface area (Å²) >= 11 is 5.50. The molecule has 4 heteroatoms. The van der Waals surface area contributed by atoms with Crippen molar-refractivity contribution < 1.29 is 14.6 Å². The molecule has 1 aliphatic rings. The summed E-state index contributed by atoms with van der Waals surface area (Å²) in [5.41, 5.74) is 1.24. The number of rotatable bonds is 5. The molecule has 1 aromatic rings. The van der Waals surface area contributed by atoms with Crippen LogP contribution in [0.3, 0.4) is 0 Å². The molecule has 0 saturated carbocycles. The van der Waals surface area contributed by atoms with Gasteiger partial charge in [-0.3, -0.25) is 0 Å². The Morgan fingerprint density at radius 3 is 3.18 bits per heavy atom. The highest BCUT2D eigenvalue weighted by molar-refractivity contribution is 6.18. The van der Waals surface area contributed by atoms with E-state index in [9.17, 15) is 5.11 Å². The smallest absolute Gasteiger partial charge is 0.126 e. The first kappa shape index (κ1) is 12.5. The van der Waals surface area contributed by atoms with Gasteiger partial charge in [0.15, 0.2) is 0 Å². The Bertz CT molecular complexity index is 368. The standard InChI is InChI=1S/C13H17ClO3/c14-9-11(15)5-7-16-12-4-3-10-2-1-6-17-13(10)8-12/h3-4,8,11,15H,1-2,5-7,9H2. The van der Waals surface area contributed by atoms with Crippen molar-refractivity contribution in [2.24, 2.45) is 0 Å². The maximum absolute atomic E-state index is 9.29. The lowest BCUT2D eigenvalue weighted by atomic mass is 10.1. The third-order valence-corrected chi connectivity index (χ3v) is 3.14. The Balaban J connectivity index is 1.89. The summed E-state index contributed by atoms with van der Waals surface area (Å²) in [6.07, 6.45) is 2.20. The van der Waals surface area contributed by atoms with Crippen molar-refractivity contribution in [3.05, 3.63) is 23.8 Å². The molecule has 1 heterocycles. The van der Waals surface area contributed by atoms with Crippen molar-refractivity contribution in [1.82, 2.24) is 0 Å². The third kappa shape index (κ3) is 3.51. The molecule has 17 heavy (non-hydrogen) atoms. The molecule has 1 aromatic carbocycles. The van der Waals surface area contributed by atoms with Gasteiger partial charge in [0.05, 0.1) is 19.3 Å². The second kappa shape index (κ2) is 6.12. The molecule has 1 atom stereocenters. The van der Waals surface area contributed by atoms with Crippen molar-refractivity contribution in [1.29, 1.82) is 0 Å². The molecule has 0 saturated heterocycles. The summed E-state index contributed by atoms with van der Waals surface area (Å²) in [5, 5.41) is 9.29. The predicted molar refractivity (Wildman–Crippen MR) is 67.1 cm³/mol. The van der Waals surface area contributed by atoms with Gasteiger partial charge in [-0.2, -0.15) is 0 Å². The van der Waals surface area contributed by atoms with Crippen LogP contribution in [0.25, 0.3) is 0 Å². The first-order chi connectivity index (χ1) is 8.29. The molecule has 94 valence electrons. The van der Waals surface area contributed by atoms with Crippen LogP contribution >= 0.6 is 11.6 Å². The SMILES string of the molecule is OC(CCl)CCOc1ccc2c(c1)OCCC2. The molecule has 0 aromatic heterocycles. The van der Waals surface area contributed by atoms with Crippen molar-refractivity contribution in [2.45, 2.75) is 25.4 Å². The quantitative estimate of drug-likeness (QED) is 0.822. The molecular weight excluding hydrogens is 240 g/mol. The van der Waals surface area contributed by atoms with Crippen LogP contribution in [0.2, 0.25) is 0 Å². The van der Waals surface area contributed by atoms with Gasteiger partial charge in [0.2, 0.25) is 0 Å². The van der Waals surface area contributed by atoms with Crippen molar-refractivity contribution in [3.63, 3.8) is 0 Å². The van der Waals surface area contributed by atoms with Gasteiger partial charge in [-0.15, -0.1) is 11.6 Å². The summed E-state index contributed by atoms with van der Waals surface area (Å²) < 4.78 is 11.1. The Morgan fingerprint density at radius 1 is 1.47 bits per heavy atom. The van der Waals surface area contributed by atoms with Crippen molar-refractivity contribution in [3.8, 4) is 11.5 Å². The van der Waals surface area contributed by atoms with Gasteiger partial charge < -0.3 is 14.6 Å². The van der Waals surface area contributed by atoms with E-state index >= 15 is 0 Å². The van der Waals surface area contributed by atoms with Gasteiger partial charge >= 0.3 is 0 Å². The first-order valence-electron chi connectivity index (χ1n) is 5.92. The fourth-order valence-electron chi connectivity index (χ4n) is 1.80. The Kier molecular flexibility index (Phi) is 4.51. The average molecular weight is 257 g/mol. The van der Waals surface area contributed by atoms with E-state index in [1.807, 2.05) is 18.2 Å². The largest absolute Gasteiger partial charge is 0.493 e. The van der Waals surface area contributed by atoms with E-state index in [0.29, 0.717) is 13.0 Å². The fourth-order valence-corrected chi connectivity index (χ4v) is 1.95. The molecule has 2 rings (SSSR count). The number of hydrogen-bond donors (Lipinski definition) is 1. The Morgan fingerprint density at radius 2 is 2.35 bits per heavy atom. The maximum atomic E-state index is 9.29. The normalized spacial score (nSPS) is 15.9. The molecule has 0 aliphatic carbocycles. The highest BCUT2D eigenvalue weighted by Gasteiger charge is 2.11. The van der Waals surface area contributed by atoms with Crippen LogP contribution < -0.4 is 9.47 Å². The predicted octanol–water partition coefficient (Wildman–Crippen LogP) is 2.38. The number of halogens is 1. The van der Waals surface area contributed by atoms with Crippen LogP contribution in [-0.2, 0) is 6.42 Å². The zero-order chi connectivity index (χ0) is 12.1. The van der Waals surface area contributed by atoms with Crippen LogP contribution in [-0.4, -0.2) is 30.3 Å². The van der Waals surface area contributed by atoms with Gasteiger partial charge in [-0.1, -0.05) is 6.07 Å². The lowest BCUT2D eigenvalue weighted by Crippen LogP contribution is -2.13. The number of hydrogen-bond acceptors (Lipinski definition) is 3. The Hall–Kier alpha value is -0.930. The summed E-state index contributed by atoms with van der Waals surface area (Å²) in [5.74, 6) is 1.95. The van der Waals surface area contributed by atoms with E-state index in [4.69, 9.17) is 21.1 Å². The maximum Gasteiger partial charge on any atom is 0.126 e. The zero-order valence-corrected chi connectivity index (χ0v) is 10.4. The van der Waals surface area contributed by atoms with Crippen LogP contribution in [0.15, 0.2) is 18.2 Å². The minimum absolute atomic E-state index is 0.247. The minimum atomic E-state index is -0.495. The van der Waals surface area contributed by atoms with E-state index in [1.165, 1.54) is 5.56 Å². The number of ether oxygens (including phenoxy) is 2. The topological polar surface area (TPSA) is 38.7 Å². The molecule has 1 N–H and O–H groups in total. The number of aryl methyl sites for hydroxylation is 1. The van der Waals surface area contributed by atoms with E-state index in [0.717, 1.165) is 30.9 Å². The first-order valence-corrected chi connectivity index (χ1v) is 6.45. The van der Waals surface area contributed by atoms with E-state index < -0.39 is 6.10 Å². The van der Waals surface area contributed by atoms with Crippen LogP contribution in [0.5, 0.6) is 11.5 Å². The number of fused-ring (bicyclic) bond motifs is 1. The number of aliphatic hydroxyl groups excluding tert-OH is 1. The number of alkyl halides is 1. The summed E-state index contributed by atoms with van der Waals surface area (Å²) in [6, 6.07) is 5.91. The molecule has 0 radical (unpaired) electrons. The van der Waals surface area contributed by atoms with Gasteiger partial charge in [-0.05, 0) is 24.5 Å². The molecule has 3 nitrogen and oxygen atoms in total. The summed E-state index contributed by atoms with van der Waals surface area (Å²) in [4.78, 5) is 0. The van der Waals surface area contributed by atoms with Gasteiger partial charge in [0, 0.05) is 18.4 Å². The van der Waals surface area contributed by atoms with Crippen LogP contribution in [0, 0.1) is 0 Å². The zero-order valence-electron chi connectivity index (χ0n) is 9.69. The molecule has 1 unspecified atom stereocenters. The minimum Gasteiger partial charge on any atom is -0.493 e. The Labute approximate surface area is 106 Å². The molecular formula is C13H17ClO3. The lowest BCUT2D eigenvalue weighted by molar-refractivity contribution is 0.158. The highest BCUT2D eigenvalue weighted by Crippen LogP contribution is 2.29. The molecule has 0 fully saturated rings. The molecule has 0 bridgehead atoms. The lowest BCUT2D eigenvalue weighted by Gasteiger charge is -2.18. The second-order valence-corrected chi connectivity index (χ2v) is 4.48. The number of benzene rings is 1. The van der Waals surface area contributed by atoms with Crippen molar-refractivity contribution >= 4 is 11.6 Å². The summed E-state index contributed by atoms with van der Waals surface area (Å²) in [7, 11) is 0. The van der Waals surface area contributed by atoms with Gasteiger partial charge in [-0.25, -0.2) is 0 Å². The monoisotopic (exact) mass is 256 g/mol. The van der Waals surface area contributed by atoms with Gasteiger partial charge in [0.25, 0.3) is 0 Å². The van der Waals surface area contributed by atoms with Crippen LogP contribution in [0.4, 0.5) is 0 Å². The second-order valence-electron chi connectivity index (χ2n) is 4.17. The molecule has 0 spiro atoms. The average Bonchev–Trinajstić information content (AvgIpc) is 2.38. The molecule has 1 aliphatic heterocycles. The fraction of sp³-hybridized carbons (Fsp3) is 0.538. The third-order valence-electron chi connectivity index (χ3n) is 2.78. The van der Waals surface area contributed by atoms with E-state index in [2.05, 4.69) is 0 Å². The van der Waals surface area contributed by atoms with E-state index in [1.54, 1.807) is 0 Å². The van der Waals surface area contributed by atoms with Gasteiger partial charge in [0.1, 0.15) is 11.5 Å². The summed E-state index contributed by atoms with van der Waals surface area (Å²) in [6.45, 7) is 1.24. The van der Waals surface area contributed by atoms with Crippen molar-refractivity contribution in [2.75, 3.05) is 19.1 Å². The number of aliphatic hydroxyl groups is 1. The van der Waals surface area contributed by atoms with E-state index in [-0.39, 0.29) is 5.88 Å². The highest BCUT2D eigenvalue weighted by atomic mass is 35.5. The van der Waals surface area contributed by atoms with Crippen LogP contribution in [0.1, 0.15) is 18.4 Å². The molecule has 0 amide bonds.